The second-order valence-electron chi connectivity index (χ2n) is 19.9. The first kappa shape index (κ1) is 49.2. The maximum atomic E-state index is 16.3. The van der Waals surface area contributed by atoms with E-state index < -0.39 is 71.3 Å². The molecule has 2 aromatic heterocycles. The molecule has 2 aliphatic heterocycles. The Labute approximate surface area is 404 Å². The first-order chi connectivity index (χ1) is 32.7. The first-order valence-corrected chi connectivity index (χ1v) is 24.0. The summed E-state index contributed by atoms with van der Waals surface area (Å²) in [6.07, 6.45) is -0.289. The lowest BCUT2D eigenvalue weighted by atomic mass is 9.85. The van der Waals surface area contributed by atoms with Crippen LogP contribution in [0.3, 0.4) is 0 Å². The number of thiazole rings is 1. The molecule has 0 radical (unpaired) electrons. The lowest BCUT2D eigenvalue weighted by Gasteiger charge is -2.43. The van der Waals surface area contributed by atoms with E-state index in [0.717, 1.165) is 50.3 Å². The average molecular weight is 965 g/mol. The topological polar surface area (TPSA) is 149 Å². The van der Waals surface area contributed by atoms with Gasteiger partial charge in [0.15, 0.2) is 6.61 Å². The number of hydrogen-bond acceptors (Lipinski definition) is 9. The van der Waals surface area contributed by atoms with Gasteiger partial charge in [-0.05, 0) is 80.0 Å². The van der Waals surface area contributed by atoms with Crippen LogP contribution in [-0.2, 0) is 34.0 Å². The number of halogens is 3. The van der Waals surface area contributed by atoms with E-state index in [9.17, 15) is 19.5 Å². The van der Waals surface area contributed by atoms with Crippen molar-refractivity contribution in [2.75, 3.05) is 19.7 Å². The standard InChI is InChI=1S/C53H59F3N6O6S/c1-30-19-39-38-13-8-9-14-42(38)59-46(39)47(62(30)28-53(6,7)56)45-40(54)22-37(23-41(45)55)67-26-33-11-10-12-36(20-33)68-27-44(64)60-49(52(3,4)5)51(66)61-25-35(63)21-43(61)50(65)57-24-32-15-17-34(18-16-32)48-31(2)58-29-69-48/h8-18,20,22-23,29-30,35,43,47,49,59,63H,19,21,24-28H2,1-7H3,(H,57,65)(H,60,64)/t30-,35-,43+,47-,49-/m1/s1. The number of aryl methyl sites for hydroxylation is 1. The second kappa shape index (κ2) is 20.0. The van der Waals surface area contributed by atoms with Crippen molar-refractivity contribution in [3.8, 4) is 21.9 Å². The second-order valence-corrected chi connectivity index (χ2v) is 20.7. The summed E-state index contributed by atoms with van der Waals surface area (Å²) in [6.45, 7) is 11.8. The van der Waals surface area contributed by atoms with Gasteiger partial charge in [0.05, 0.1) is 28.2 Å². The number of fused-ring (bicyclic) bond motifs is 3. The Hall–Kier alpha value is -6.23. The highest BCUT2D eigenvalue weighted by molar-refractivity contribution is 7.13. The van der Waals surface area contributed by atoms with Crippen molar-refractivity contribution in [1.29, 1.82) is 0 Å². The van der Waals surface area contributed by atoms with Crippen LogP contribution in [0.5, 0.6) is 11.5 Å². The summed E-state index contributed by atoms with van der Waals surface area (Å²) >= 11 is 1.56. The number of likely N-dealkylation sites (tertiary alicyclic amines) is 1. The van der Waals surface area contributed by atoms with Gasteiger partial charge >= 0.3 is 0 Å². The minimum Gasteiger partial charge on any atom is -0.489 e. The molecule has 0 spiro atoms. The van der Waals surface area contributed by atoms with E-state index in [-0.39, 0.29) is 50.0 Å². The van der Waals surface area contributed by atoms with Gasteiger partial charge in [0.25, 0.3) is 5.91 Å². The fourth-order valence-corrected chi connectivity index (χ4v) is 10.2. The number of para-hydroxylation sites is 1. The molecule has 4 aromatic carbocycles. The smallest absolute Gasteiger partial charge is 0.258 e. The minimum absolute atomic E-state index is 0.0446. The number of alkyl halides is 1. The third kappa shape index (κ3) is 11.1. The molecule has 8 rings (SSSR count). The van der Waals surface area contributed by atoms with Crippen molar-refractivity contribution in [3.63, 3.8) is 0 Å². The number of ether oxygens (including phenoxy) is 2. The van der Waals surface area contributed by atoms with Gasteiger partial charge in [-0.15, -0.1) is 11.3 Å². The fourth-order valence-electron chi connectivity index (χ4n) is 9.43. The van der Waals surface area contributed by atoms with Crippen LogP contribution >= 0.6 is 11.3 Å². The molecule has 1 saturated heterocycles. The summed E-state index contributed by atoms with van der Waals surface area (Å²) in [6, 6.07) is 21.3. The Morgan fingerprint density at radius 3 is 2.35 bits per heavy atom. The molecular formula is C53H59F3N6O6S. The van der Waals surface area contributed by atoms with Gasteiger partial charge in [-0.2, -0.15) is 0 Å². The fraction of sp³-hybridized carbons (Fsp3) is 0.396. The molecule has 2 aliphatic rings. The number of aliphatic hydroxyl groups is 1. The quantitative estimate of drug-likeness (QED) is 0.0799. The number of hydrogen-bond donors (Lipinski definition) is 4. The lowest BCUT2D eigenvalue weighted by Crippen LogP contribution is -2.58. The van der Waals surface area contributed by atoms with E-state index in [2.05, 4.69) is 20.6 Å². The summed E-state index contributed by atoms with van der Waals surface area (Å²) in [7, 11) is 0. The molecule has 16 heteroatoms. The molecule has 3 amide bonds. The number of aromatic nitrogens is 2. The first-order valence-electron chi connectivity index (χ1n) is 23.2. The number of amides is 3. The van der Waals surface area contributed by atoms with Crippen molar-refractivity contribution in [2.24, 2.45) is 5.41 Å². The molecule has 0 bridgehead atoms. The van der Waals surface area contributed by atoms with Crippen LogP contribution in [0.1, 0.15) is 87.6 Å². The maximum absolute atomic E-state index is 16.3. The highest BCUT2D eigenvalue weighted by atomic mass is 32.1. The summed E-state index contributed by atoms with van der Waals surface area (Å²) in [5, 5.41) is 17.3. The Bertz CT molecular complexity index is 2810. The number of carbonyl (C=O) groups is 3. The van der Waals surface area contributed by atoms with Crippen LogP contribution in [0.4, 0.5) is 13.2 Å². The van der Waals surface area contributed by atoms with E-state index >= 15 is 13.2 Å². The number of aromatic amines is 1. The number of aliphatic hydroxyl groups excluding tert-OH is 1. The minimum atomic E-state index is -1.64. The normalized spacial score (nSPS) is 19.0. The van der Waals surface area contributed by atoms with Gasteiger partial charge in [0, 0.05) is 66.4 Å². The van der Waals surface area contributed by atoms with Crippen LogP contribution in [0.2, 0.25) is 0 Å². The van der Waals surface area contributed by atoms with Gasteiger partial charge in [-0.1, -0.05) is 75.4 Å². The van der Waals surface area contributed by atoms with Crippen LogP contribution < -0.4 is 20.1 Å². The number of benzene rings is 4. The summed E-state index contributed by atoms with van der Waals surface area (Å²) < 4.78 is 59.6. The third-order valence-electron chi connectivity index (χ3n) is 12.8. The number of β-amino-alcohol motifs (C(OH)–C–C–N with tert-alkyl or cyclic N) is 1. The molecule has 364 valence electrons. The van der Waals surface area contributed by atoms with E-state index in [0.29, 0.717) is 23.4 Å². The summed E-state index contributed by atoms with van der Waals surface area (Å²) in [5.41, 5.74) is 5.02. The Morgan fingerprint density at radius 1 is 0.942 bits per heavy atom. The molecule has 5 atom stereocenters. The van der Waals surface area contributed by atoms with Gasteiger partial charge in [0.1, 0.15) is 47.5 Å². The molecular weight excluding hydrogens is 906 g/mol. The van der Waals surface area contributed by atoms with Crippen molar-refractivity contribution < 1.29 is 42.1 Å². The van der Waals surface area contributed by atoms with Crippen LogP contribution in [0, 0.1) is 24.0 Å². The SMILES string of the molecule is Cc1ncsc1-c1ccc(CNC(=O)[C@@H]2C[C@@H](O)CN2C(=O)[C@@H](NC(=O)COc2cccc(COc3cc(F)c([C@@H]4c5[nH]c6ccccc6c5C[C@@H](C)N4CC(C)(C)F)c(F)c3)c2)C(C)(C)C)cc1. The molecule has 1 fully saturated rings. The molecule has 0 aliphatic carbocycles. The lowest BCUT2D eigenvalue weighted by molar-refractivity contribution is -0.144. The number of rotatable bonds is 15. The number of nitrogens with zero attached hydrogens (tertiary/aromatic N) is 3. The maximum Gasteiger partial charge on any atom is 0.258 e. The molecule has 0 saturated carbocycles. The Morgan fingerprint density at radius 2 is 1.67 bits per heavy atom. The van der Waals surface area contributed by atoms with Crippen LogP contribution in [-0.4, -0.2) is 92.2 Å². The van der Waals surface area contributed by atoms with Crippen LogP contribution in [0.25, 0.3) is 21.3 Å². The van der Waals surface area contributed by atoms with Crippen molar-refractivity contribution in [2.45, 2.75) is 110 Å². The molecule has 4 N–H and O–H groups in total. The van der Waals surface area contributed by atoms with Crippen molar-refractivity contribution in [1.82, 2.24) is 30.4 Å². The molecule has 0 unspecified atom stereocenters. The van der Waals surface area contributed by atoms with Gasteiger partial charge in [-0.3, -0.25) is 19.3 Å². The van der Waals surface area contributed by atoms with E-state index in [1.54, 1.807) is 61.9 Å². The van der Waals surface area contributed by atoms with E-state index in [1.165, 1.54) is 18.7 Å². The number of H-pyrrole nitrogens is 1. The van der Waals surface area contributed by atoms with Gasteiger partial charge in [-0.25, -0.2) is 18.2 Å². The Balaban J connectivity index is 0.886. The third-order valence-corrected chi connectivity index (χ3v) is 13.8. The molecule has 12 nitrogen and oxygen atoms in total. The zero-order chi connectivity index (χ0) is 49.4. The largest absolute Gasteiger partial charge is 0.489 e. The predicted molar refractivity (Wildman–Crippen MR) is 259 cm³/mol. The highest BCUT2D eigenvalue weighted by Gasteiger charge is 2.45. The van der Waals surface area contributed by atoms with Gasteiger partial charge in [0.2, 0.25) is 11.8 Å². The molecule has 69 heavy (non-hydrogen) atoms. The zero-order valence-corrected chi connectivity index (χ0v) is 40.7. The van der Waals surface area contributed by atoms with Gasteiger partial charge < -0.3 is 35.1 Å². The average Bonchev–Trinajstić information content (AvgIpc) is 4.02. The van der Waals surface area contributed by atoms with Crippen LogP contribution in [0.15, 0.2) is 90.4 Å². The Kier molecular flexibility index (Phi) is 14.3. The highest BCUT2D eigenvalue weighted by Crippen LogP contribution is 2.44. The zero-order valence-electron chi connectivity index (χ0n) is 39.9. The summed E-state index contributed by atoms with van der Waals surface area (Å²) in [5.74, 6) is -2.90. The number of nitrogens with one attached hydrogen (secondary N) is 3. The molecule has 6 aromatic rings. The predicted octanol–water partition coefficient (Wildman–Crippen LogP) is 8.73. The number of carbonyl (C=O) groups excluding carboxylic acids is 3. The van der Waals surface area contributed by atoms with E-state index in [1.807, 2.05) is 67.3 Å². The monoisotopic (exact) mass is 964 g/mol. The molecule has 4 heterocycles. The van der Waals surface area contributed by atoms with Crippen molar-refractivity contribution in [3.05, 3.63) is 136 Å². The van der Waals surface area contributed by atoms with Crippen molar-refractivity contribution >= 4 is 40.0 Å². The van der Waals surface area contributed by atoms with E-state index in [4.69, 9.17) is 9.47 Å². The summed E-state index contributed by atoms with van der Waals surface area (Å²) in [4.78, 5) is 53.0.